The van der Waals surface area contributed by atoms with Crippen LogP contribution < -0.4 is 0 Å². The van der Waals surface area contributed by atoms with Crippen molar-refractivity contribution < 1.29 is 28.6 Å². The maximum Gasteiger partial charge on any atom is 0.355 e. The van der Waals surface area contributed by atoms with Crippen molar-refractivity contribution >= 4 is 24.0 Å². The van der Waals surface area contributed by atoms with E-state index in [0.29, 0.717) is 29.0 Å². The molecule has 0 aromatic carbocycles. The van der Waals surface area contributed by atoms with Crippen LogP contribution in [0.3, 0.4) is 0 Å². The number of rotatable bonds is 5. The molecule has 1 aliphatic heterocycles. The van der Waals surface area contributed by atoms with Crippen LogP contribution >= 0.6 is 0 Å². The summed E-state index contributed by atoms with van der Waals surface area (Å²) >= 11 is 0. The van der Waals surface area contributed by atoms with Gasteiger partial charge in [0.25, 0.3) is 0 Å². The summed E-state index contributed by atoms with van der Waals surface area (Å²) in [6.07, 6.45) is 2.14. The van der Waals surface area contributed by atoms with Gasteiger partial charge in [-0.15, -0.1) is 0 Å². The molecule has 0 saturated carbocycles. The van der Waals surface area contributed by atoms with E-state index in [1.165, 1.54) is 7.11 Å². The van der Waals surface area contributed by atoms with Crippen molar-refractivity contribution in [3.05, 3.63) is 39.4 Å². The third-order valence-electron chi connectivity index (χ3n) is 4.54. The van der Waals surface area contributed by atoms with Gasteiger partial charge in [-0.25, -0.2) is 9.59 Å². The third kappa shape index (κ3) is 4.71. The van der Waals surface area contributed by atoms with E-state index in [1.54, 1.807) is 40.7 Å². The first kappa shape index (κ1) is 21.5. The Morgan fingerprint density at radius 1 is 1.14 bits per heavy atom. The van der Waals surface area contributed by atoms with Crippen LogP contribution in [0.1, 0.15) is 68.3 Å². The molecule has 0 bridgehead atoms. The normalized spacial score (nSPS) is 15.8. The van der Waals surface area contributed by atoms with Gasteiger partial charge in [0, 0.05) is 29.3 Å². The second-order valence-corrected chi connectivity index (χ2v) is 7.74. The minimum Gasteiger partial charge on any atom is -0.469 e. The minimum atomic E-state index is -0.661. The lowest BCUT2D eigenvalue weighted by Gasteiger charge is -2.19. The lowest BCUT2D eigenvalue weighted by Crippen LogP contribution is -2.24. The van der Waals surface area contributed by atoms with Gasteiger partial charge in [0.2, 0.25) is 0 Å². The van der Waals surface area contributed by atoms with Crippen LogP contribution in [-0.4, -0.2) is 35.6 Å². The zero-order chi connectivity index (χ0) is 21.2. The molecule has 2 rings (SSSR count). The van der Waals surface area contributed by atoms with Crippen LogP contribution in [-0.2, 0) is 30.2 Å². The molecule has 152 valence electrons. The molecule has 1 N–H and O–H groups in total. The highest BCUT2D eigenvalue weighted by Gasteiger charge is 2.27. The smallest absolute Gasteiger partial charge is 0.355 e. The highest BCUT2D eigenvalue weighted by atomic mass is 16.6. The topological polar surface area (TPSA) is 94.7 Å². The molecule has 1 aromatic heterocycles. The van der Waals surface area contributed by atoms with Crippen LogP contribution in [0.4, 0.5) is 0 Å². The fourth-order valence-electron chi connectivity index (χ4n) is 2.80. The van der Waals surface area contributed by atoms with Gasteiger partial charge in [-0.2, -0.15) is 0 Å². The zero-order valence-corrected chi connectivity index (χ0v) is 17.4. The lowest BCUT2D eigenvalue weighted by atomic mass is 10.0. The Labute approximate surface area is 164 Å². The number of carbonyl (C=O) groups is 3. The van der Waals surface area contributed by atoms with Crippen LogP contribution in [0.15, 0.2) is 16.9 Å². The minimum absolute atomic E-state index is 0.133. The zero-order valence-electron chi connectivity index (χ0n) is 17.4. The molecular weight excluding hydrogens is 362 g/mol. The Morgan fingerprint density at radius 3 is 2.29 bits per heavy atom. The Bertz CT molecular complexity index is 879. The molecule has 0 saturated heterocycles. The van der Waals surface area contributed by atoms with Gasteiger partial charge >= 0.3 is 17.9 Å². The van der Waals surface area contributed by atoms with Gasteiger partial charge in [0.15, 0.2) is 0 Å². The van der Waals surface area contributed by atoms with E-state index in [-0.39, 0.29) is 24.1 Å². The monoisotopic (exact) mass is 389 g/mol. The van der Waals surface area contributed by atoms with Gasteiger partial charge in [0.05, 0.1) is 7.11 Å². The maximum absolute atomic E-state index is 12.7. The van der Waals surface area contributed by atoms with Crippen molar-refractivity contribution in [1.29, 1.82) is 0 Å². The summed E-state index contributed by atoms with van der Waals surface area (Å²) in [6, 6.07) is 0. The van der Waals surface area contributed by atoms with E-state index >= 15 is 0 Å². The highest BCUT2D eigenvalue weighted by Crippen LogP contribution is 2.30. The molecule has 0 atom stereocenters. The van der Waals surface area contributed by atoms with Crippen LogP contribution in [0.25, 0.3) is 6.08 Å². The molecule has 7 nitrogen and oxygen atoms in total. The summed E-state index contributed by atoms with van der Waals surface area (Å²) < 4.78 is 15.5. The van der Waals surface area contributed by atoms with Crippen molar-refractivity contribution in [1.82, 2.24) is 4.98 Å². The quantitative estimate of drug-likeness (QED) is 0.610. The largest absolute Gasteiger partial charge is 0.469 e. The number of hydrogen-bond donors (Lipinski definition) is 1. The molecule has 1 aliphatic rings. The first-order chi connectivity index (χ1) is 12.9. The van der Waals surface area contributed by atoms with Crippen molar-refractivity contribution in [2.75, 3.05) is 7.11 Å². The maximum atomic E-state index is 12.7. The fourth-order valence-corrected chi connectivity index (χ4v) is 2.80. The summed E-state index contributed by atoms with van der Waals surface area (Å²) in [5.74, 6) is -0.824. The predicted octanol–water partition coefficient (Wildman–Crippen LogP) is 3.62. The van der Waals surface area contributed by atoms with E-state index in [2.05, 4.69) is 4.98 Å². The Balaban J connectivity index is 2.46. The Hall–Kier alpha value is -2.83. The SMILES string of the molecule is COC(=O)CCc1c(C(=O)OC(C)(C)C)[nH]c(/C=C2/OC(=O)C(C)=C2C)c1C. The number of cyclic esters (lactones) is 1. The van der Waals surface area contributed by atoms with Crippen molar-refractivity contribution in [3.8, 4) is 0 Å². The molecule has 0 unspecified atom stereocenters. The number of hydrogen-bond acceptors (Lipinski definition) is 6. The summed E-state index contributed by atoms with van der Waals surface area (Å²) in [6.45, 7) is 10.7. The molecule has 0 radical (unpaired) electrons. The van der Waals surface area contributed by atoms with E-state index in [9.17, 15) is 14.4 Å². The molecule has 2 heterocycles. The number of methoxy groups -OCH3 is 1. The number of carbonyl (C=O) groups excluding carboxylic acids is 3. The van der Waals surface area contributed by atoms with Crippen molar-refractivity contribution in [3.63, 3.8) is 0 Å². The molecular formula is C21H27NO6. The van der Waals surface area contributed by atoms with E-state index in [0.717, 1.165) is 11.1 Å². The van der Waals surface area contributed by atoms with Crippen LogP contribution in [0, 0.1) is 6.92 Å². The molecule has 7 heteroatoms. The molecule has 0 spiro atoms. The van der Waals surface area contributed by atoms with Crippen LogP contribution in [0.2, 0.25) is 0 Å². The first-order valence-electron chi connectivity index (χ1n) is 9.08. The molecule has 0 aliphatic carbocycles. The van der Waals surface area contributed by atoms with E-state index < -0.39 is 11.6 Å². The van der Waals surface area contributed by atoms with Gasteiger partial charge in [-0.05, 0) is 59.1 Å². The standard InChI is InChI=1S/C21H27NO6/c1-11-12(2)19(24)27-16(11)10-15-13(3)14(8-9-17(23)26-7)18(22-15)20(25)28-21(4,5)6/h10,22H,8-9H2,1-7H3/b16-10+. The number of aromatic amines is 1. The second kappa shape index (κ2) is 8.04. The highest BCUT2D eigenvalue weighted by molar-refractivity contribution is 5.95. The first-order valence-corrected chi connectivity index (χ1v) is 9.08. The summed E-state index contributed by atoms with van der Waals surface area (Å²) in [7, 11) is 1.32. The van der Waals surface area contributed by atoms with Gasteiger partial charge in [-0.1, -0.05) is 0 Å². The van der Waals surface area contributed by atoms with E-state index in [1.807, 2.05) is 6.92 Å². The average Bonchev–Trinajstić information content (AvgIpc) is 3.03. The van der Waals surface area contributed by atoms with E-state index in [4.69, 9.17) is 14.2 Å². The van der Waals surface area contributed by atoms with Gasteiger partial charge in [0.1, 0.15) is 17.1 Å². The predicted molar refractivity (Wildman–Crippen MR) is 103 cm³/mol. The number of allylic oxidation sites excluding steroid dienone is 1. The average molecular weight is 389 g/mol. The summed E-state index contributed by atoms with van der Waals surface area (Å²) in [5, 5.41) is 0. The Morgan fingerprint density at radius 2 is 1.79 bits per heavy atom. The molecule has 28 heavy (non-hydrogen) atoms. The fraction of sp³-hybridized carbons (Fsp3) is 0.476. The molecule has 1 aromatic rings. The third-order valence-corrected chi connectivity index (χ3v) is 4.54. The van der Waals surface area contributed by atoms with Gasteiger partial charge < -0.3 is 19.2 Å². The lowest BCUT2D eigenvalue weighted by molar-refractivity contribution is -0.140. The number of aromatic nitrogens is 1. The summed E-state index contributed by atoms with van der Waals surface area (Å²) in [5.41, 5.74) is 3.00. The number of esters is 3. The number of H-pyrrole nitrogens is 1. The number of ether oxygens (including phenoxy) is 3. The number of nitrogens with one attached hydrogen (secondary N) is 1. The second-order valence-electron chi connectivity index (χ2n) is 7.74. The molecule has 0 amide bonds. The van der Waals surface area contributed by atoms with Crippen LogP contribution in [0.5, 0.6) is 0 Å². The molecule has 0 fully saturated rings. The van der Waals surface area contributed by atoms with Crippen molar-refractivity contribution in [2.45, 2.75) is 60.0 Å². The van der Waals surface area contributed by atoms with Gasteiger partial charge in [-0.3, -0.25) is 4.79 Å². The van der Waals surface area contributed by atoms with Crippen molar-refractivity contribution in [2.24, 2.45) is 0 Å². The summed E-state index contributed by atoms with van der Waals surface area (Å²) in [4.78, 5) is 39.1. The Kier molecular flexibility index (Phi) is 6.17.